The van der Waals surface area contributed by atoms with E-state index in [4.69, 9.17) is 14.2 Å². The molecule has 0 radical (unpaired) electrons. The lowest BCUT2D eigenvalue weighted by Gasteiger charge is -2.21. The molecule has 0 spiro atoms. The highest BCUT2D eigenvalue weighted by molar-refractivity contribution is 5.77. The molecule has 1 atom stereocenters. The number of rotatable bonds is 8. The molecule has 134 valence electrons. The van der Waals surface area contributed by atoms with Gasteiger partial charge in [0.2, 0.25) is 0 Å². The van der Waals surface area contributed by atoms with Crippen LogP contribution in [0.5, 0.6) is 5.75 Å². The molecule has 6 heteroatoms. The SMILES string of the molecule is COC(=O)[C@H](CCC(=O)OC(C)(C)C)NCc1ccc(OC)cc1. The van der Waals surface area contributed by atoms with Crippen molar-refractivity contribution in [2.45, 2.75) is 51.8 Å². The van der Waals surface area contributed by atoms with E-state index in [1.54, 1.807) is 7.11 Å². The monoisotopic (exact) mass is 337 g/mol. The molecule has 6 nitrogen and oxygen atoms in total. The quantitative estimate of drug-likeness (QED) is 0.735. The zero-order chi connectivity index (χ0) is 18.2. The number of carbonyl (C=O) groups is 2. The molecule has 0 saturated carbocycles. The number of methoxy groups -OCH3 is 2. The van der Waals surface area contributed by atoms with E-state index < -0.39 is 17.6 Å². The van der Waals surface area contributed by atoms with Crippen LogP contribution in [0.3, 0.4) is 0 Å². The summed E-state index contributed by atoms with van der Waals surface area (Å²) in [5.41, 5.74) is 0.468. The fraction of sp³-hybridized carbons (Fsp3) is 0.556. The molecule has 0 aromatic heterocycles. The summed E-state index contributed by atoms with van der Waals surface area (Å²) in [6.45, 7) is 5.91. The zero-order valence-corrected chi connectivity index (χ0v) is 15.0. The highest BCUT2D eigenvalue weighted by atomic mass is 16.6. The van der Waals surface area contributed by atoms with Gasteiger partial charge in [-0.25, -0.2) is 0 Å². The molecule has 1 aromatic rings. The molecule has 1 N–H and O–H groups in total. The molecule has 1 rings (SSSR count). The van der Waals surface area contributed by atoms with Gasteiger partial charge in [-0.1, -0.05) is 12.1 Å². The second-order valence-corrected chi connectivity index (χ2v) is 6.43. The first-order chi connectivity index (χ1) is 11.2. The van der Waals surface area contributed by atoms with Gasteiger partial charge in [0.15, 0.2) is 0 Å². The normalized spacial score (nSPS) is 12.4. The predicted molar refractivity (Wildman–Crippen MR) is 90.7 cm³/mol. The van der Waals surface area contributed by atoms with Crippen LogP contribution in [0, 0.1) is 0 Å². The molecule has 0 amide bonds. The van der Waals surface area contributed by atoms with Crippen LogP contribution in [-0.4, -0.2) is 37.8 Å². The van der Waals surface area contributed by atoms with Crippen LogP contribution in [0.4, 0.5) is 0 Å². The molecule has 0 heterocycles. The number of carbonyl (C=O) groups excluding carboxylic acids is 2. The second-order valence-electron chi connectivity index (χ2n) is 6.43. The van der Waals surface area contributed by atoms with Crippen LogP contribution >= 0.6 is 0 Å². The van der Waals surface area contributed by atoms with Gasteiger partial charge in [0.1, 0.15) is 17.4 Å². The Labute approximate surface area is 143 Å². The summed E-state index contributed by atoms with van der Waals surface area (Å²) in [4.78, 5) is 23.7. The van der Waals surface area contributed by atoms with Gasteiger partial charge in [0, 0.05) is 13.0 Å². The van der Waals surface area contributed by atoms with Crippen LogP contribution in [0.15, 0.2) is 24.3 Å². The van der Waals surface area contributed by atoms with E-state index in [2.05, 4.69) is 5.32 Å². The molecule has 24 heavy (non-hydrogen) atoms. The first kappa shape index (κ1) is 20.0. The van der Waals surface area contributed by atoms with Crippen molar-refractivity contribution in [3.8, 4) is 5.75 Å². The minimum Gasteiger partial charge on any atom is -0.497 e. The molecule has 0 saturated heterocycles. The average molecular weight is 337 g/mol. The molecule has 1 aromatic carbocycles. The number of ether oxygens (including phenoxy) is 3. The van der Waals surface area contributed by atoms with Crippen molar-refractivity contribution in [3.63, 3.8) is 0 Å². The van der Waals surface area contributed by atoms with Crippen LogP contribution < -0.4 is 10.1 Å². The molecule has 0 bridgehead atoms. The Hall–Kier alpha value is -2.08. The first-order valence-corrected chi connectivity index (χ1v) is 7.91. The highest BCUT2D eigenvalue weighted by Crippen LogP contribution is 2.13. The van der Waals surface area contributed by atoms with Gasteiger partial charge in [-0.3, -0.25) is 9.59 Å². The number of esters is 2. The van der Waals surface area contributed by atoms with Crippen molar-refractivity contribution in [3.05, 3.63) is 29.8 Å². The van der Waals surface area contributed by atoms with Crippen molar-refractivity contribution in [1.29, 1.82) is 0 Å². The standard InChI is InChI=1S/C18H27NO5/c1-18(2,3)24-16(20)11-10-15(17(21)23-5)19-12-13-6-8-14(22-4)9-7-13/h6-9,15,19H,10-12H2,1-5H3/t15-/m0/s1. The van der Waals surface area contributed by atoms with Crippen molar-refractivity contribution in [2.24, 2.45) is 0 Å². The second kappa shape index (κ2) is 9.27. The Bertz CT molecular complexity index is 533. The average Bonchev–Trinajstić information content (AvgIpc) is 2.53. The maximum Gasteiger partial charge on any atom is 0.322 e. The Kier molecular flexibility index (Phi) is 7.71. The minimum atomic E-state index is -0.565. The number of benzene rings is 1. The third-order valence-corrected chi connectivity index (χ3v) is 3.25. The lowest BCUT2D eigenvalue weighted by atomic mass is 10.1. The van der Waals surface area contributed by atoms with Gasteiger partial charge in [-0.05, 0) is 44.9 Å². The summed E-state index contributed by atoms with van der Waals surface area (Å²) in [6, 6.07) is 6.96. The molecular weight excluding hydrogens is 310 g/mol. The van der Waals surface area contributed by atoms with Crippen LogP contribution in [0.25, 0.3) is 0 Å². The molecule has 0 aliphatic carbocycles. The van der Waals surface area contributed by atoms with Crippen molar-refractivity contribution in [2.75, 3.05) is 14.2 Å². The summed E-state index contributed by atoms with van der Waals surface area (Å²) < 4.78 is 15.2. The Morgan fingerprint density at radius 2 is 1.75 bits per heavy atom. The van der Waals surface area contributed by atoms with E-state index in [0.717, 1.165) is 11.3 Å². The topological polar surface area (TPSA) is 73.9 Å². The third kappa shape index (κ3) is 7.46. The van der Waals surface area contributed by atoms with Gasteiger partial charge in [0.05, 0.1) is 14.2 Å². The Morgan fingerprint density at radius 1 is 1.12 bits per heavy atom. The van der Waals surface area contributed by atoms with E-state index in [1.165, 1.54) is 7.11 Å². The fourth-order valence-electron chi connectivity index (χ4n) is 2.08. The van der Waals surface area contributed by atoms with E-state index in [1.807, 2.05) is 45.0 Å². The van der Waals surface area contributed by atoms with Gasteiger partial charge >= 0.3 is 11.9 Å². The molecular formula is C18H27NO5. The summed E-state index contributed by atoms with van der Waals surface area (Å²) in [7, 11) is 2.94. The molecule has 0 unspecified atom stereocenters. The highest BCUT2D eigenvalue weighted by Gasteiger charge is 2.22. The van der Waals surface area contributed by atoms with Crippen LogP contribution in [0.2, 0.25) is 0 Å². The van der Waals surface area contributed by atoms with Crippen LogP contribution in [0.1, 0.15) is 39.2 Å². The number of nitrogens with one attached hydrogen (secondary N) is 1. The summed E-state index contributed by atoms with van der Waals surface area (Å²) in [5.74, 6) is 0.0444. The smallest absolute Gasteiger partial charge is 0.322 e. The predicted octanol–water partition coefficient (Wildman–Crippen LogP) is 2.45. The maximum atomic E-state index is 11.9. The third-order valence-electron chi connectivity index (χ3n) is 3.25. The lowest BCUT2D eigenvalue weighted by molar-refractivity contribution is -0.155. The lowest BCUT2D eigenvalue weighted by Crippen LogP contribution is -2.38. The van der Waals surface area contributed by atoms with Crippen molar-refractivity contribution >= 4 is 11.9 Å². The largest absolute Gasteiger partial charge is 0.497 e. The molecule has 0 fully saturated rings. The van der Waals surface area contributed by atoms with E-state index in [-0.39, 0.29) is 12.4 Å². The van der Waals surface area contributed by atoms with Gasteiger partial charge in [-0.2, -0.15) is 0 Å². The van der Waals surface area contributed by atoms with Crippen molar-refractivity contribution in [1.82, 2.24) is 5.32 Å². The summed E-state index contributed by atoms with van der Waals surface area (Å²) in [5, 5.41) is 3.12. The van der Waals surface area contributed by atoms with Gasteiger partial charge in [0.25, 0.3) is 0 Å². The zero-order valence-electron chi connectivity index (χ0n) is 15.0. The number of hydrogen-bond acceptors (Lipinski definition) is 6. The Balaban J connectivity index is 2.55. The van der Waals surface area contributed by atoms with E-state index >= 15 is 0 Å². The first-order valence-electron chi connectivity index (χ1n) is 7.91. The minimum absolute atomic E-state index is 0.145. The van der Waals surface area contributed by atoms with Crippen LogP contribution in [-0.2, 0) is 25.6 Å². The van der Waals surface area contributed by atoms with Gasteiger partial charge in [-0.15, -0.1) is 0 Å². The fourth-order valence-corrected chi connectivity index (χ4v) is 2.08. The Morgan fingerprint density at radius 3 is 2.25 bits per heavy atom. The summed E-state index contributed by atoms with van der Waals surface area (Å²) in [6.07, 6.45) is 0.463. The summed E-state index contributed by atoms with van der Waals surface area (Å²) >= 11 is 0. The van der Waals surface area contributed by atoms with Crippen molar-refractivity contribution < 1.29 is 23.8 Å². The van der Waals surface area contributed by atoms with Gasteiger partial charge < -0.3 is 19.5 Å². The molecule has 0 aliphatic rings. The number of hydrogen-bond donors (Lipinski definition) is 1. The van der Waals surface area contributed by atoms with E-state index in [0.29, 0.717) is 13.0 Å². The maximum absolute atomic E-state index is 11.9. The molecule has 0 aliphatic heterocycles. The van der Waals surface area contributed by atoms with E-state index in [9.17, 15) is 9.59 Å².